The summed E-state index contributed by atoms with van der Waals surface area (Å²) in [6.45, 7) is 2.80. The molecular formula is C18H15Cl3FN3OS. The standard InChI is InChI=1S/C18H15Cl3FN3OS/c1-2-25-17(9-26-16-8-11(19)6-7-14(16)21)23-24-18(25)27-10-12-13(20)4-3-5-15(12)22/h3-8H,2,9-10H2,1H3. The van der Waals surface area contributed by atoms with Gasteiger partial charge >= 0.3 is 0 Å². The molecule has 3 aromatic rings. The molecule has 0 aliphatic carbocycles. The van der Waals surface area contributed by atoms with E-state index in [0.29, 0.717) is 49.7 Å². The van der Waals surface area contributed by atoms with Crippen LogP contribution in [-0.4, -0.2) is 14.8 Å². The first-order valence-electron chi connectivity index (χ1n) is 8.05. The number of ether oxygens (including phenoxy) is 1. The lowest BCUT2D eigenvalue weighted by molar-refractivity contribution is 0.288. The third-order valence-corrected chi connectivity index (χ3v) is 5.66. The fourth-order valence-electron chi connectivity index (χ4n) is 2.39. The van der Waals surface area contributed by atoms with Gasteiger partial charge in [-0.05, 0) is 31.2 Å². The number of halogens is 4. The molecule has 1 aromatic heterocycles. The Balaban J connectivity index is 1.72. The summed E-state index contributed by atoms with van der Waals surface area (Å²) in [6, 6.07) is 9.64. The Kier molecular flexibility index (Phi) is 6.87. The van der Waals surface area contributed by atoms with Crippen molar-refractivity contribution in [3.05, 3.63) is 68.7 Å². The maximum absolute atomic E-state index is 13.9. The maximum atomic E-state index is 13.9. The van der Waals surface area contributed by atoms with Gasteiger partial charge in [0.2, 0.25) is 0 Å². The second kappa shape index (κ2) is 9.15. The van der Waals surface area contributed by atoms with Gasteiger partial charge in [-0.2, -0.15) is 0 Å². The van der Waals surface area contributed by atoms with Crippen LogP contribution in [0, 0.1) is 5.82 Å². The van der Waals surface area contributed by atoms with Crippen molar-refractivity contribution in [3.63, 3.8) is 0 Å². The zero-order valence-electron chi connectivity index (χ0n) is 14.3. The molecule has 0 fully saturated rings. The first kappa shape index (κ1) is 20.3. The van der Waals surface area contributed by atoms with Crippen LogP contribution >= 0.6 is 46.6 Å². The van der Waals surface area contributed by atoms with Crippen LogP contribution in [0.25, 0.3) is 0 Å². The van der Waals surface area contributed by atoms with E-state index < -0.39 is 0 Å². The minimum absolute atomic E-state index is 0.182. The topological polar surface area (TPSA) is 39.9 Å². The minimum atomic E-state index is -0.336. The Labute approximate surface area is 175 Å². The van der Waals surface area contributed by atoms with E-state index in [1.54, 1.807) is 30.3 Å². The van der Waals surface area contributed by atoms with Gasteiger partial charge in [0, 0.05) is 34.0 Å². The predicted molar refractivity (Wildman–Crippen MR) is 107 cm³/mol. The van der Waals surface area contributed by atoms with Crippen molar-refractivity contribution >= 4 is 46.6 Å². The van der Waals surface area contributed by atoms with E-state index >= 15 is 0 Å². The molecular weight excluding hydrogens is 432 g/mol. The summed E-state index contributed by atoms with van der Waals surface area (Å²) < 4.78 is 21.6. The van der Waals surface area contributed by atoms with Gasteiger partial charge in [-0.1, -0.05) is 52.6 Å². The van der Waals surface area contributed by atoms with E-state index in [0.717, 1.165) is 0 Å². The first-order chi connectivity index (χ1) is 13.0. The van der Waals surface area contributed by atoms with Gasteiger partial charge in [0.1, 0.15) is 18.2 Å². The normalized spacial score (nSPS) is 11.0. The molecule has 0 radical (unpaired) electrons. The first-order valence-corrected chi connectivity index (χ1v) is 10.2. The molecule has 0 saturated heterocycles. The smallest absolute Gasteiger partial charge is 0.191 e. The zero-order valence-corrected chi connectivity index (χ0v) is 17.3. The summed E-state index contributed by atoms with van der Waals surface area (Å²) >= 11 is 19.5. The quantitative estimate of drug-likeness (QED) is 0.401. The number of benzene rings is 2. The highest BCUT2D eigenvalue weighted by Crippen LogP contribution is 2.30. The average Bonchev–Trinajstić information content (AvgIpc) is 3.04. The summed E-state index contributed by atoms with van der Waals surface area (Å²) in [6.07, 6.45) is 0. The minimum Gasteiger partial charge on any atom is -0.484 e. The second-order valence-electron chi connectivity index (χ2n) is 5.50. The molecule has 9 heteroatoms. The van der Waals surface area contributed by atoms with E-state index in [1.165, 1.54) is 17.8 Å². The highest BCUT2D eigenvalue weighted by molar-refractivity contribution is 7.98. The maximum Gasteiger partial charge on any atom is 0.191 e. The van der Waals surface area contributed by atoms with Gasteiger partial charge in [0.25, 0.3) is 0 Å². The van der Waals surface area contributed by atoms with Crippen LogP contribution < -0.4 is 4.74 Å². The molecule has 142 valence electrons. The van der Waals surface area contributed by atoms with Crippen LogP contribution in [0.2, 0.25) is 15.1 Å². The van der Waals surface area contributed by atoms with Crippen LogP contribution in [0.3, 0.4) is 0 Å². The molecule has 0 aliphatic heterocycles. The molecule has 27 heavy (non-hydrogen) atoms. The van der Waals surface area contributed by atoms with Gasteiger partial charge in [0.15, 0.2) is 11.0 Å². The van der Waals surface area contributed by atoms with E-state index in [4.69, 9.17) is 39.5 Å². The van der Waals surface area contributed by atoms with Crippen molar-refractivity contribution in [3.8, 4) is 5.75 Å². The molecule has 3 rings (SSSR count). The fraction of sp³-hybridized carbons (Fsp3) is 0.222. The Morgan fingerprint density at radius 3 is 2.67 bits per heavy atom. The Bertz CT molecular complexity index is 931. The summed E-state index contributed by atoms with van der Waals surface area (Å²) in [5, 5.41) is 10.4. The Hall–Kier alpha value is -1.47. The molecule has 0 amide bonds. The molecule has 0 aliphatic rings. The highest BCUT2D eigenvalue weighted by atomic mass is 35.5. The largest absolute Gasteiger partial charge is 0.484 e. The molecule has 2 aromatic carbocycles. The van der Waals surface area contributed by atoms with E-state index in [9.17, 15) is 4.39 Å². The number of hydrogen-bond donors (Lipinski definition) is 0. The lowest BCUT2D eigenvalue weighted by atomic mass is 10.2. The molecule has 0 N–H and O–H groups in total. The summed E-state index contributed by atoms with van der Waals surface area (Å²) in [5.74, 6) is 1.12. The number of rotatable bonds is 7. The van der Waals surface area contributed by atoms with Gasteiger partial charge in [-0.3, -0.25) is 0 Å². The molecule has 0 unspecified atom stereocenters. The van der Waals surface area contributed by atoms with Crippen LogP contribution in [0.5, 0.6) is 5.75 Å². The van der Waals surface area contributed by atoms with Crippen LogP contribution in [-0.2, 0) is 18.9 Å². The third kappa shape index (κ3) is 4.88. The second-order valence-corrected chi connectivity index (χ2v) is 7.69. The number of hydrogen-bond acceptors (Lipinski definition) is 4. The van der Waals surface area contributed by atoms with Crippen LogP contribution in [0.1, 0.15) is 18.3 Å². The third-order valence-electron chi connectivity index (χ3n) is 3.77. The summed E-state index contributed by atoms with van der Waals surface area (Å²) in [7, 11) is 0. The van der Waals surface area contributed by atoms with Crippen LogP contribution in [0.4, 0.5) is 4.39 Å². The zero-order chi connectivity index (χ0) is 19.4. The molecule has 0 saturated carbocycles. The van der Waals surface area contributed by atoms with E-state index in [2.05, 4.69) is 10.2 Å². The average molecular weight is 447 g/mol. The van der Waals surface area contributed by atoms with Gasteiger partial charge in [0.05, 0.1) is 5.02 Å². The van der Waals surface area contributed by atoms with Gasteiger partial charge in [-0.15, -0.1) is 10.2 Å². The lowest BCUT2D eigenvalue weighted by Crippen LogP contribution is -2.07. The molecule has 0 bridgehead atoms. The number of aromatic nitrogens is 3. The predicted octanol–water partition coefficient (Wildman–Crippen LogP) is 6.27. The molecule has 1 heterocycles. The van der Waals surface area contributed by atoms with Gasteiger partial charge < -0.3 is 9.30 Å². The van der Waals surface area contributed by atoms with Gasteiger partial charge in [-0.25, -0.2) is 4.39 Å². The molecule has 4 nitrogen and oxygen atoms in total. The number of nitrogens with zero attached hydrogens (tertiary/aromatic N) is 3. The monoisotopic (exact) mass is 445 g/mol. The van der Waals surface area contributed by atoms with Crippen molar-refractivity contribution < 1.29 is 9.13 Å². The Morgan fingerprint density at radius 2 is 1.93 bits per heavy atom. The summed E-state index contributed by atoms with van der Waals surface area (Å²) in [5.41, 5.74) is 0.443. The number of thioether (sulfide) groups is 1. The van der Waals surface area contributed by atoms with Crippen molar-refractivity contribution in [2.24, 2.45) is 0 Å². The Morgan fingerprint density at radius 1 is 1.11 bits per heavy atom. The van der Waals surface area contributed by atoms with Crippen molar-refractivity contribution in [1.29, 1.82) is 0 Å². The fourth-order valence-corrected chi connectivity index (χ4v) is 4.09. The SMILES string of the molecule is CCn1c(COc2cc(Cl)ccc2Cl)nnc1SCc1c(F)cccc1Cl. The molecule has 0 spiro atoms. The lowest BCUT2D eigenvalue weighted by Gasteiger charge is -2.10. The van der Waals surface area contributed by atoms with Crippen molar-refractivity contribution in [2.45, 2.75) is 31.0 Å². The van der Waals surface area contributed by atoms with Crippen LogP contribution in [0.15, 0.2) is 41.6 Å². The van der Waals surface area contributed by atoms with E-state index in [-0.39, 0.29) is 12.4 Å². The molecule has 0 atom stereocenters. The van der Waals surface area contributed by atoms with Crippen molar-refractivity contribution in [1.82, 2.24) is 14.8 Å². The summed E-state index contributed by atoms with van der Waals surface area (Å²) in [4.78, 5) is 0. The van der Waals surface area contributed by atoms with Crippen molar-refractivity contribution in [2.75, 3.05) is 0 Å². The van der Waals surface area contributed by atoms with E-state index in [1.807, 2.05) is 11.5 Å². The highest BCUT2D eigenvalue weighted by Gasteiger charge is 2.15.